The minimum absolute atomic E-state index is 0.0189. The van der Waals surface area contributed by atoms with E-state index in [1.54, 1.807) is 0 Å². The van der Waals surface area contributed by atoms with E-state index in [-0.39, 0.29) is 23.3 Å². The predicted molar refractivity (Wildman–Crippen MR) is 102 cm³/mol. The molecule has 0 unspecified atom stereocenters. The fourth-order valence-corrected chi connectivity index (χ4v) is 3.83. The average Bonchev–Trinajstić information content (AvgIpc) is 2.51. The molecule has 0 amide bonds. The second kappa shape index (κ2) is 8.41. The Balaban J connectivity index is 2.26. The molecule has 1 aromatic rings. The maximum absolute atomic E-state index is 10.6. The fourth-order valence-electron chi connectivity index (χ4n) is 3.83. The summed E-state index contributed by atoms with van der Waals surface area (Å²) >= 11 is 0. The van der Waals surface area contributed by atoms with Gasteiger partial charge in [-0.05, 0) is 63.1 Å². The van der Waals surface area contributed by atoms with Crippen molar-refractivity contribution < 1.29 is 10.2 Å². The van der Waals surface area contributed by atoms with Gasteiger partial charge in [-0.15, -0.1) is 0 Å². The summed E-state index contributed by atoms with van der Waals surface area (Å²) < 4.78 is 0. The van der Waals surface area contributed by atoms with E-state index in [1.807, 2.05) is 19.1 Å². The topological polar surface area (TPSA) is 40.5 Å². The maximum atomic E-state index is 10.6. The third-order valence-corrected chi connectivity index (χ3v) is 5.23. The van der Waals surface area contributed by atoms with Crippen LogP contribution in [0.2, 0.25) is 0 Å². The maximum Gasteiger partial charge on any atom is 0.123 e. The number of hydrogen-bond acceptors (Lipinski definition) is 2. The molecule has 0 spiro atoms. The number of allylic oxidation sites excluding steroid dienone is 3. The van der Waals surface area contributed by atoms with Crippen molar-refractivity contribution in [3.63, 3.8) is 0 Å². The molecule has 2 N–H and O–H groups in total. The lowest BCUT2D eigenvalue weighted by molar-refractivity contribution is 0.406. The van der Waals surface area contributed by atoms with Crippen LogP contribution in [0, 0.1) is 5.92 Å². The Labute approximate surface area is 146 Å². The van der Waals surface area contributed by atoms with E-state index in [9.17, 15) is 10.2 Å². The molecule has 0 saturated heterocycles. The zero-order chi connectivity index (χ0) is 17.7. The molecule has 0 fully saturated rings. The van der Waals surface area contributed by atoms with Crippen LogP contribution >= 0.6 is 0 Å². The summed E-state index contributed by atoms with van der Waals surface area (Å²) in [7, 11) is 0. The Bertz CT molecular complexity index is 589. The van der Waals surface area contributed by atoms with Crippen molar-refractivity contribution in [2.24, 2.45) is 5.92 Å². The normalized spacial score (nSPS) is 20.7. The third kappa shape index (κ3) is 4.43. The first-order valence-electron chi connectivity index (χ1n) is 9.31. The number of hydrogen-bond donors (Lipinski definition) is 2. The van der Waals surface area contributed by atoms with E-state index in [0.717, 1.165) is 36.8 Å². The quantitative estimate of drug-likeness (QED) is 0.459. The lowest BCUT2D eigenvalue weighted by Crippen LogP contribution is -2.17. The molecule has 1 aliphatic rings. The Morgan fingerprint density at radius 3 is 2.42 bits per heavy atom. The highest BCUT2D eigenvalue weighted by Crippen LogP contribution is 2.46. The number of phenolic OH excluding ortho intramolecular Hbond substituents is 2. The smallest absolute Gasteiger partial charge is 0.123 e. The monoisotopic (exact) mass is 328 g/mol. The van der Waals surface area contributed by atoms with Gasteiger partial charge in [0.25, 0.3) is 0 Å². The summed E-state index contributed by atoms with van der Waals surface area (Å²) in [4.78, 5) is 0. The van der Waals surface area contributed by atoms with Crippen LogP contribution in [0.3, 0.4) is 0 Å². The lowest BCUT2D eigenvalue weighted by atomic mass is 9.73. The van der Waals surface area contributed by atoms with Gasteiger partial charge in [-0.3, -0.25) is 0 Å². The van der Waals surface area contributed by atoms with Crippen molar-refractivity contribution in [2.75, 3.05) is 0 Å². The molecular weight excluding hydrogens is 296 g/mol. The first-order valence-corrected chi connectivity index (χ1v) is 9.31. The van der Waals surface area contributed by atoms with Crippen LogP contribution in [0.25, 0.3) is 0 Å². The number of aromatic hydroxyl groups is 2. The number of phenols is 2. The average molecular weight is 328 g/mol. The summed E-state index contributed by atoms with van der Waals surface area (Å²) in [5.74, 6) is 0.747. The van der Waals surface area contributed by atoms with E-state index in [4.69, 9.17) is 0 Å². The number of rotatable bonds is 7. The predicted octanol–water partition coefficient (Wildman–Crippen LogP) is 6.24. The first kappa shape index (κ1) is 18.6. The molecule has 24 heavy (non-hydrogen) atoms. The first-order chi connectivity index (χ1) is 11.4. The van der Waals surface area contributed by atoms with Crippen LogP contribution in [-0.2, 0) is 6.42 Å². The molecule has 1 aromatic carbocycles. The van der Waals surface area contributed by atoms with Gasteiger partial charge in [-0.25, -0.2) is 0 Å². The van der Waals surface area contributed by atoms with Gasteiger partial charge in [0.2, 0.25) is 0 Å². The Morgan fingerprint density at radius 1 is 1.17 bits per heavy atom. The molecule has 2 rings (SSSR count). The van der Waals surface area contributed by atoms with Gasteiger partial charge in [0.05, 0.1) is 0 Å². The van der Waals surface area contributed by atoms with Crippen molar-refractivity contribution >= 4 is 0 Å². The minimum atomic E-state index is 0.0189. The Hall–Kier alpha value is -1.70. The molecule has 0 aromatic heterocycles. The van der Waals surface area contributed by atoms with Crippen LogP contribution in [0.1, 0.15) is 76.3 Å². The summed E-state index contributed by atoms with van der Waals surface area (Å²) in [6, 6.07) is 3.68. The molecule has 2 atom stereocenters. The minimum Gasteiger partial charge on any atom is -0.507 e. The van der Waals surface area contributed by atoms with Crippen LogP contribution < -0.4 is 0 Å². The molecule has 0 heterocycles. The zero-order valence-corrected chi connectivity index (χ0v) is 15.4. The Morgan fingerprint density at radius 2 is 1.83 bits per heavy atom. The molecule has 2 heteroatoms. The standard InChI is InChI=1S/C22H32O2/c1-5-6-7-8-9-17-13-20(23)22(21(24)14-17)19-12-16(4)10-11-18(19)15(2)3/h12-14,18-19,23-24H,2,5-11H2,1,3-4H3/t18-,19+/m1/s1. The highest BCUT2D eigenvalue weighted by Gasteiger charge is 2.30. The summed E-state index contributed by atoms with van der Waals surface area (Å²) in [5.41, 5.74) is 4.12. The van der Waals surface area contributed by atoms with Crippen LogP contribution in [0.4, 0.5) is 0 Å². The van der Waals surface area contributed by atoms with Gasteiger partial charge in [0.1, 0.15) is 11.5 Å². The van der Waals surface area contributed by atoms with Gasteiger partial charge in [0.15, 0.2) is 0 Å². The molecule has 0 bridgehead atoms. The Kier molecular flexibility index (Phi) is 6.53. The summed E-state index contributed by atoms with van der Waals surface area (Å²) in [5, 5.41) is 21.2. The van der Waals surface area contributed by atoms with Crippen molar-refractivity contribution in [1.82, 2.24) is 0 Å². The van der Waals surface area contributed by atoms with E-state index in [2.05, 4.69) is 26.5 Å². The van der Waals surface area contributed by atoms with E-state index in [1.165, 1.54) is 24.8 Å². The largest absolute Gasteiger partial charge is 0.507 e. The van der Waals surface area contributed by atoms with E-state index >= 15 is 0 Å². The third-order valence-electron chi connectivity index (χ3n) is 5.23. The van der Waals surface area contributed by atoms with E-state index in [0.29, 0.717) is 5.56 Å². The van der Waals surface area contributed by atoms with Gasteiger partial charge in [0, 0.05) is 11.5 Å². The molecule has 2 nitrogen and oxygen atoms in total. The molecule has 1 aliphatic carbocycles. The van der Waals surface area contributed by atoms with Crippen molar-refractivity contribution in [3.05, 3.63) is 47.1 Å². The van der Waals surface area contributed by atoms with Gasteiger partial charge in [-0.1, -0.05) is 50.0 Å². The van der Waals surface area contributed by atoms with Crippen molar-refractivity contribution in [2.45, 2.75) is 71.6 Å². The number of benzene rings is 1. The number of unbranched alkanes of at least 4 members (excludes halogenated alkanes) is 3. The van der Waals surface area contributed by atoms with Crippen LogP contribution in [0.5, 0.6) is 11.5 Å². The fraction of sp³-hybridized carbons (Fsp3) is 0.545. The van der Waals surface area contributed by atoms with Gasteiger partial charge < -0.3 is 10.2 Å². The van der Waals surface area contributed by atoms with Gasteiger partial charge in [-0.2, -0.15) is 0 Å². The second-order valence-electron chi connectivity index (χ2n) is 7.39. The van der Waals surface area contributed by atoms with Crippen molar-refractivity contribution in [3.8, 4) is 11.5 Å². The van der Waals surface area contributed by atoms with Crippen molar-refractivity contribution in [1.29, 1.82) is 0 Å². The van der Waals surface area contributed by atoms with Crippen LogP contribution in [0.15, 0.2) is 35.9 Å². The SMILES string of the molecule is C=C(C)[C@H]1CCC(C)=C[C@@H]1c1c(O)cc(CCCCCC)cc1O. The van der Waals surface area contributed by atoms with E-state index < -0.39 is 0 Å². The molecule has 0 aliphatic heterocycles. The van der Waals surface area contributed by atoms with Crippen LogP contribution in [-0.4, -0.2) is 10.2 Å². The number of aryl methyl sites for hydroxylation is 1. The summed E-state index contributed by atoms with van der Waals surface area (Å²) in [6.45, 7) is 10.5. The highest BCUT2D eigenvalue weighted by atomic mass is 16.3. The lowest BCUT2D eigenvalue weighted by Gasteiger charge is -2.31. The highest BCUT2D eigenvalue weighted by molar-refractivity contribution is 5.51. The second-order valence-corrected chi connectivity index (χ2v) is 7.39. The molecule has 0 saturated carbocycles. The van der Waals surface area contributed by atoms with Gasteiger partial charge >= 0.3 is 0 Å². The summed E-state index contributed by atoms with van der Waals surface area (Å²) in [6.07, 6.45) is 9.94. The molecular formula is C22H32O2. The zero-order valence-electron chi connectivity index (χ0n) is 15.4. The molecule has 0 radical (unpaired) electrons. The molecule has 132 valence electrons.